The molecule has 0 aliphatic carbocycles. The van der Waals surface area contributed by atoms with Gasteiger partial charge in [0.05, 0.1) is 7.11 Å². The molecule has 94 valence electrons. The molecular weight excluding hydrogens is 224 g/mol. The molecule has 0 amide bonds. The van der Waals surface area contributed by atoms with E-state index < -0.39 is 6.43 Å². The first kappa shape index (κ1) is 12.3. The van der Waals surface area contributed by atoms with Gasteiger partial charge in [0.2, 0.25) is 0 Å². The van der Waals surface area contributed by atoms with Crippen LogP contribution in [0.15, 0.2) is 12.1 Å². The molecule has 1 saturated heterocycles. The van der Waals surface area contributed by atoms with E-state index in [4.69, 9.17) is 4.74 Å². The van der Waals surface area contributed by atoms with E-state index in [1.165, 1.54) is 13.2 Å². The molecule has 1 heterocycles. The Hall–Kier alpha value is -1.16. The fourth-order valence-corrected chi connectivity index (χ4v) is 2.39. The Balaban J connectivity index is 2.44. The average Bonchev–Trinajstić information content (AvgIpc) is 2.81. The van der Waals surface area contributed by atoms with Crippen molar-refractivity contribution in [3.8, 4) is 5.75 Å². The molecule has 0 spiro atoms. The van der Waals surface area contributed by atoms with Gasteiger partial charge in [-0.2, -0.15) is 0 Å². The minimum atomic E-state index is -2.46. The molecule has 1 aliphatic rings. The molecule has 0 bridgehead atoms. The summed E-state index contributed by atoms with van der Waals surface area (Å²) in [6.45, 7) is 2.78. The van der Waals surface area contributed by atoms with Gasteiger partial charge in [-0.15, -0.1) is 0 Å². The highest BCUT2D eigenvalue weighted by molar-refractivity contribution is 5.44. The standard InChI is InChI=1S/C13H17F2NO/c1-8-6-9(11-4-3-5-16-11)10(13(14)15)7-12(8)17-2/h6-7,11,13,16H,3-5H2,1-2H3/t11-/m0/s1. The minimum Gasteiger partial charge on any atom is -0.496 e. The zero-order valence-corrected chi connectivity index (χ0v) is 10.1. The van der Waals surface area contributed by atoms with Crippen molar-refractivity contribution < 1.29 is 13.5 Å². The summed E-state index contributed by atoms with van der Waals surface area (Å²) in [5.74, 6) is 0.530. The van der Waals surface area contributed by atoms with Gasteiger partial charge >= 0.3 is 0 Å². The Bertz CT molecular complexity index is 401. The number of ether oxygens (including phenoxy) is 1. The van der Waals surface area contributed by atoms with E-state index >= 15 is 0 Å². The van der Waals surface area contributed by atoms with Crippen molar-refractivity contribution >= 4 is 0 Å². The van der Waals surface area contributed by atoms with Gasteiger partial charge in [-0.3, -0.25) is 0 Å². The molecular formula is C13H17F2NO. The second-order valence-corrected chi connectivity index (χ2v) is 4.40. The molecule has 4 heteroatoms. The lowest BCUT2D eigenvalue weighted by Crippen LogP contribution is -2.15. The van der Waals surface area contributed by atoms with Crippen LogP contribution < -0.4 is 10.1 Å². The third-order valence-corrected chi connectivity index (χ3v) is 3.27. The number of halogens is 2. The van der Waals surface area contributed by atoms with Gasteiger partial charge in [-0.05, 0) is 43.5 Å². The van der Waals surface area contributed by atoms with Crippen LogP contribution in [0.5, 0.6) is 5.75 Å². The van der Waals surface area contributed by atoms with Crippen molar-refractivity contribution in [2.45, 2.75) is 32.2 Å². The topological polar surface area (TPSA) is 21.3 Å². The summed E-state index contributed by atoms with van der Waals surface area (Å²) in [4.78, 5) is 0. The van der Waals surface area contributed by atoms with Crippen LogP contribution in [-0.4, -0.2) is 13.7 Å². The Labute approximate surface area is 100.0 Å². The van der Waals surface area contributed by atoms with Crippen LogP contribution in [0.3, 0.4) is 0 Å². The quantitative estimate of drug-likeness (QED) is 0.876. The second-order valence-electron chi connectivity index (χ2n) is 4.40. The van der Waals surface area contributed by atoms with E-state index in [-0.39, 0.29) is 11.6 Å². The number of benzene rings is 1. The maximum absolute atomic E-state index is 13.0. The number of methoxy groups -OCH3 is 1. The van der Waals surface area contributed by atoms with E-state index in [9.17, 15) is 8.78 Å². The normalized spacial score (nSPS) is 19.9. The van der Waals surface area contributed by atoms with Crippen LogP contribution >= 0.6 is 0 Å². The van der Waals surface area contributed by atoms with Crippen molar-refractivity contribution in [1.82, 2.24) is 5.32 Å². The molecule has 0 unspecified atom stereocenters. The summed E-state index contributed by atoms with van der Waals surface area (Å²) in [5.41, 5.74) is 1.71. The van der Waals surface area contributed by atoms with Gasteiger partial charge in [0.25, 0.3) is 6.43 Å². The number of rotatable bonds is 3. The lowest BCUT2D eigenvalue weighted by Gasteiger charge is -2.18. The fraction of sp³-hybridized carbons (Fsp3) is 0.538. The SMILES string of the molecule is COc1cc(C(F)F)c([C@@H]2CCCN2)cc1C. The Morgan fingerprint density at radius 1 is 1.41 bits per heavy atom. The summed E-state index contributed by atoms with van der Waals surface area (Å²) in [6, 6.07) is 3.35. The van der Waals surface area contributed by atoms with Gasteiger partial charge in [0, 0.05) is 11.6 Å². The van der Waals surface area contributed by atoms with E-state index in [2.05, 4.69) is 5.32 Å². The van der Waals surface area contributed by atoms with Crippen LogP contribution in [0.25, 0.3) is 0 Å². The summed E-state index contributed by atoms with van der Waals surface area (Å²) >= 11 is 0. The van der Waals surface area contributed by atoms with Gasteiger partial charge < -0.3 is 10.1 Å². The number of hydrogen-bond donors (Lipinski definition) is 1. The van der Waals surface area contributed by atoms with E-state index in [1.54, 1.807) is 0 Å². The second kappa shape index (κ2) is 5.00. The molecule has 0 radical (unpaired) electrons. The maximum Gasteiger partial charge on any atom is 0.264 e. The van der Waals surface area contributed by atoms with Gasteiger partial charge in [0.15, 0.2) is 0 Å². The highest BCUT2D eigenvalue weighted by Crippen LogP contribution is 2.35. The number of aryl methyl sites for hydroxylation is 1. The Morgan fingerprint density at radius 3 is 2.71 bits per heavy atom. The monoisotopic (exact) mass is 241 g/mol. The lowest BCUT2D eigenvalue weighted by atomic mass is 9.96. The highest BCUT2D eigenvalue weighted by Gasteiger charge is 2.24. The number of nitrogens with one attached hydrogen (secondary N) is 1. The molecule has 1 aliphatic heterocycles. The zero-order chi connectivity index (χ0) is 12.4. The predicted molar refractivity (Wildman–Crippen MR) is 62.7 cm³/mol. The first-order valence-corrected chi connectivity index (χ1v) is 5.83. The van der Waals surface area contributed by atoms with Gasteiger partial charge in [-0.25, -0.2) is 8.78 Å². The molecule has 0 saturated carbocycles. The summed E-state index contributed by atoms with van der Waals surface area (Å²) in [5, 5.41) is 3.26. The van der Waals surface area contributed by atoms with E-state index in [0.29, 0.717) is 5.75 Å². The number of hydrogen-bond acceptors (Lipinski definition) is 2. The largest absolute Gasteiger partial charge is 0.496 e. The molecule has 1 fully saturated rings. The molecule has 1 aromatic carbocycles. The van der Waals surface area contributed by atoms with E-state index in [1.807, 2.05) is 13.0 Å². The van der Waals surface area contributed by atoms with Crippen molar-refractivity contribution in [3.63, 3.8) is 0 Å². The molecule has 2 nitrogen and oxygen atoms in total. The highest BCUT2D eigenvalue weighted by atomic mass is 19.3. The van der Waals surface area contributed by atoms with E-state index in [0.717, 1.165) is 30.5 Å². The predicted octanol–water partition coefficient (Wildman–Crippen LogP) is 3.37. The lowest BCUT2D eigenvalue weighted by molar-refractivity contribution is 0.149. The molecule has 0 aromatic heterocycles. The third-order valence-electron chi connectivity index (χ3n) is 3.27. The van der Waals surface area contributed by atoms with Crippen LogP contribution in [0.4, 0.5) is 8.78 Å². The summed E-state index contributed by atoms with van der Waals surface area (Å²) in [6.07, 6.45) is -0.494. The Kier molecular flexibility index (Phi) is 3.62. The minimum absolute atomic E-state index is 0.0589. The molecule has 2 rings (SSSR count). The summed E-state index contributed by atoms with van der Waals surface area (Å²) in [7, 11) is 1.51. The smallest absolute Gasteiger partial charge is 0.264 e. The average molecular weight is 241 g/mol. The van der Waals surface area contributed by atoms with Crippen molar-refractivity contribution in [2.75, 3.05) is 13.7 Å². The Morgan fingerprint density at radius 2 is 2.18 bits per heavy atom. The molecule has 1 aromatic rings. The van der Waals surface area contributed by atoms with Crippen LogP contribution in [-0.2, 0) is 0 Å². The van der Waals surface area contributed by atoms with Gasteiger partial charge in [-0.1, -0.05) is 6.07 Å². The third kappa shape index (κ3) is 2.41. The van der Waals surface area contributed by atoms with Crippen LogP contribution in [0, 0.1) is 6.92 Å². The van der Waals surface area contributed by atoms with Crippen LogP contribution in [0.1, 0.15) is 42.0 Å². The van der Waals surface area contributed by atoms with Crippen LogP contribution in [0.2, 0.25) is 0 Å². The molecule has 17 heavy (non-hydrogen) atoms. The van der Waals surface area contributed by atoms with Crippen molar-refractivity contribution in [1.29, 1.82) is 0 Å². The first-order chi connectivity index (χ1) is 8.13. The van der Waals surface area contributed by atoms with Gasteiger partial charge in [0.1, 0.15) is 5.75 Å². The molecule has 1 N–H and O–H groups in total. The zero-order valence-electron chi connectivity index (χ0n) is 10.1. The fourth-order valence-electron chi connectivity index (χ4n) is 2.39. The maximum atomic E-state index is 13.0. The van der Waals surface area contributed by atoms with Crippen molar-refractivity contribution in [2.24, 2.45) is 0 Å². The molecule has 1 atom stereocenters. The first-order valence-electron chi connectivity index (χ1n) is 5.83. The summed E-state index contributed by atoms with van der Waals surface area (Å²) < 4.78 is 31.2. The number of alkyl halides is 2. The van der Waals surface area contributed by atoms with Crippen molar-refractivity contribution in [3.05, 3.63) is 28.8 Å².